The van der Waals surface area contributed by atoms with E-state index in [4.69, 9.17) is 9.40 Å². The highest BCUT2D eigenvalue weighted by molar-refractivity contribution is 5.75. The van der Waals surface area contributed by atoms with Gasteiger partial charge in [-0.05, 0) is 31.2 Å². The van der Waals surface area contributed by atoms with Gasteiger partial charge in [-0.3, -0.25) is 18.5 Å². The van der Waals surface area contributed by atoms with Crippen molar-refractivity contribution in [2.24, 2.45) is 14.1 Å². The summed E-state index contributed by atoms with van der Waals surface area (Å²) in [5.74, 6) is 1.36. The number of aromatic nitrogens is 6. The molecule has 0 N–H and O–H groups in total. The fourth-order valence-electron chi connectivity index (χ4n) is 4.98. The average Bonchev–Trinajstić information content (AvgIpc) is 3.57. The number of benzene rings is 2. The summed E-state index contributed by atoms with van der Waals surface area (Å²) in [7, 11) is 3.10. The monoisotopic (exact) mass is 512 g/mol. The molecule has 0 saturated carbocycles. The van der Waals surface area contributed by atoms with Crippen molar-refractivity contribution in [1.29, 1.82) is 0 Å². The van der Waals surface area contributed by atoms with Crippen LogP contribution in [0.3, 0.4) is 0 Å². The van der Waals surface area contributed by atoms with Gasteiger partial charge >= 0.3 is 5.69 Å². The predicted octanol–water partition coefficient (Wildman–Crippen LogP) is 2.17. The summed E-state index contributed by atoms with van der Waals surface area (Å²) in [6, 6.07) is 18.1. The maximum atomic E-state index is 13.3. The number of piperazine rings is 1. The van der Waals surface area contributed by atoms with Crippen molar-refractivity contribution in [1.82, 2.24) is 28.9 Å². The maximum Gasteiger partial charge on any atom is 0.332 e. The zero-order valence-electron chi connectivity index (χ0n) is 21.5. The third kappa shape index (κ3) is 4.05. The summed E-state index contributed by atoms with van der Waals surface area (Å²) in [6.45, 7) is 5.14. The number of rotatable bonds is 5. The van der Waals surface area contributed by atoms with E-state index in [0.29, 0.717) is 42.0 Å². The number of para-hydroxylation sites is 1. The van der Waals surface area contributed by atoms with E-state index >= 15 is 0 Å². The van der Waals surface area contributed by atoms with Crippen molar-refractivity contribution in [3.05, 3.63) is 86.9 Å². The second kappa shape index (κ2) is 9.33. The minimum absolute atomic E-state index is 0.150. The fourth-order valence-corrected chi connectivity index (χ4v) is 4.98. The van der Waals surface area contributed by atoms with Gasteiger partial charge in [0.2, 0.25) is 17.7 Å². The summed E-state index contributed by atoms with van der Waals surface area (Å²) < 4.78 is 10.3. The number of hydrogen-bond acceptors (Lipinski definition) is 8. The van der Waals surface area contributed by atoms with Crippen LogP contribution in [0.5, 0.6) is 0 Å². The quantitative estimate of drug-likeness (QED) is 0.353. The number of fused-ring (bicyclic) bond motifs is 1. The highest BCUT2D eigenvalue weighted by Crippen LogP contribution is 2.25. The minimum Gasteiger partial charge on any atom is -0.419 e. The molecule has 0 radical (unpaired) electrons. The number of hydrogen-bond donors (Lipinski definition) is 0. The van der Waals surface area contributed by atoms with E-state index in [0.717, 1.165) is 28.8 Å². The third-order valence-corrected chi connectivity index (χ3v) is 7.04. The van der Waals surface area contributed by atoms with Crippen LogP contribution in [0.15, 0.2) is 68.6 Å². The van der Waals surface area contributed by atoms with Crippen LogP contribution in [0.4, 0.5) is 11.6 Å². The first-order valence-electron chi connectivity index (χ1n) is 12.5. The Morgan fingerprint density at radius 2 is 1.61 bits per heavy atom. The van der Waals surface area contributed by atoms with E-state index in [-0.39, 0.29) is 6.54 Å². The zero-order valence-corrected chi connectivity index (χ0v) is 21.5. The van der Waals surface area contributed by atoms with E-state index in [1.54, 1.807) is 11.6 Å². The van der Waals surface area contributed by atoms with Gasteiger partial charge in [-0.15, -0.1) is 10.2 Å². The molecule has 11 nitrogen and oxygen atoms in total. The Morgan fingerprint density at radius 3 is 2.34 bits per heavy atom. The Morgan fingerprint density at radius 1 is 0.868 bits per heavy atom. The van der Waals surface area contributed by atoms with Crippen LogP contribution >= 0.6 is 0 Å². The van der Waals surface area contributed by atoms with Gasteiger partial charge in [0, 0.05) is 51.5 Å². The Labute approximate surface area is 218 Å². The van der Waals surface area contributed by atoms with E-state index < -0.39 is 11.2 Å². The van der Waals surface area contributed by atoms with Crippen molar-refractivity contribution in [3.63, 3.8) is 0 Å². The number of aryl methyl sites for hydroxylation is 2. The van der Waals surface area contributed by atoms with Gasteiger partial charge in [0.15, 0.2) is 11.2 Å². The molecule has 1 aliphatic rings. The molecule has 0 spiro atoms. The average molecular weight is 513 g/mol. The molecule has 3 aromatic heterocycles. The largest absolute Gasteiger partial charge is 0.419 e. The zero-order chi connectivity index (χ0) is 26.4. The molecule has 38 heavy (non-hydrogen) atoms. The minimum atomic E-state index is -0.424. The van der Waals surface area contributed by atoms with Crippen LogP contribution in [0, 0.1) is 6.92 Å². The van der Waals surface area contributed by atoms with E-state index in [1.807, 2.05) is 49.4 Å². The van der Waals surface area contributed by atoms with Crippen LogP contribution in [0.2, 0.25) is 0 Å². The van der Waals surface area contributed by atoms with Crippen molar-refractivity contribution >= 4 is 22.8 Å². The van der Waals surface area contributed by atoms with Gasteiger partial charge in [-0.1, -0.05) is 35.9 Å². The Bertz CT molecular complexity index is 1740. The summed E-state index contributed by atoms with van der Waals surface area (Å²) >= 11 is 0. The molecule has 6 rings (SSSR count). The third-order valence-electron chi connectivity index (χ3n) is 7.04. The molecule has 1 fully saturated rings. The number of anilines is 2. The smallest absolute Gasteiger partial charge is 0.332 e. The van der Waals surface area contributed by atoms with Gasteiger partial charge in [0.05, 0.1) is 0 Å². The molecule has 0 aliphatic carbocycles. The standard InChI is InChI=1S/C27H28N8O3/c1-18-8-7-9-19(16-18)24-30-29-21(38-24)17-35-22-23(31(2)27(37)32(3)25(22)36)28-26(35)34-14-12-33(13-15-34)20-10-5-4-6-11-20/h4-11,16H,12-15,17H2,1-3H3. The molecule has 0 amide bonds. The Balaban J connectivity index is 1.39. The van der Waals surface area contributed by atoms with E-state index in [1.165, 1.54) is 17.3 Å². The molecule has 194 valence electrons. The molecule has 4 heterocycles. The van der Waals surface area contributed by atoms with Gasteiger partial charge in [-0.2, -0.15) is 4.98 Å². The summed E-state index contributed by atoms with van der Waals surface area (Å²) in [5, 5.41) is 8.50. The van der Waals surface area contributed by atoms with Crippen molar-refractivity contribution < 1.29 is 4.42 Å². The Hall–Kier alpha value is -4.67. The van der Waals surface area contributed by atoms with Gasteiger partial charge < -0.3 is 14.2 Å². The lowest BCUT2D eigenvalue weighted by molar-refractivity contribution is 0.488. The van der Waals surface area contributed by atoms with E-state index in [2.05, 4.69) is 32.1 Å². The highest BCUT2D eigenvalue weighted by atomic mass is 16.4. The first-order valence-corrected chi connectivity index (χ1v) is 12.5. The van der Waals surface area contributed by atoms with E-state index in [9.17, 15) is 9.59 Å². The summed E-state index contributed by atoms with van der Waals surface area (Å²) in [6.07, 6.45) is 0. The topological polar surface area (TPSA) is 107 Å². The van der Waals surface area contributed by atoms with Crippen LogP contribution in [-0.2, 0) is 20.6 Å². The summed E-state index contributed by atoms with van der Waals surface area (Å²) in [5.41, 5.74) is 2.91. The number of imidazole rings is 1. The molecule has 11 heteroatoms. The highest BCUT2D eigenvalue weighted by Gasteiger charge is 2.27. The normalized spacial score (nSPS) is 14.0. The molecule has 1 aliphatic heterocycles. The SMILES string of the molecule is Cc1cccc(-c2nnc(Cn3c(N4CCN(c5ccccc5)CC4)nc4c3c(=O)n(C)c(=O)n4C)o2)c1. The Kier molecular flexibility index (Phi) is 5.82. The maximum absolute atomic E-state index is 13.3. The van der Waals surface area contributed by atoms with Crippen LogP contribution in [0.1, 0.15) is 11.5 Å². The first-order chi connectivity index (χ1) is 18.4. The van der Waals surface area contributed by atoms with Crippen molar-refractivity contribution in [2.45, 2.75) is 13.5 Å². The van der Waals surface area contributed by atoms with Crippen molar-refractivity contribution in [2.75, 3.05) is 36.0 Å². The molecule has 5 aromatic rings. The fraction of sp³-hybridized carbons (Fsp3) is 0.296. The summed E-state index contributed by atoms with van der Waals surface area (Å²) in [4.78, 5) is 35.2. The van der Waals surface area contributed by atoms with Crippen LogP contribution in [0.25, 0.3) is 22.6 Å². The lowest BCUT2D eigenvalue weighted by atomic mass is 10.1. The molecular weight excluding hydrogens is 484 g/mol. The second-order valence-electron chi connectivity index (χ2n) is 9.56. The van der Waals surface area contributed by atoms with Gasteiger partial charge in [-0.25, -0.2) is 4.79 Å². The molecule has 0 bridgehead atoms. The predicted molar refractivity (Wildman–Crippen MR) is 145 cm³/mol. The molecular formula is C27H28N8O3. The van der Waals surface area contributed by atoms with Crippen LogP contribution in [-0.4, -0.2) is 55.1 Å². The van der Waals surface area contributed by atoms with Gasteiger partial charge in [0.25, 0.3) is 5.56 Å². The first kappa shape index (κ1) is 23.7. The van der Waals surface area contributed by atoms with Crippen LogP contribution < -0.4 is 21.0 Å². The van der Waals surface area contributed by atoms with Gasteiger partial charge in [0.1, 0.15) is 6.54 Å². The molecule has 2 aromatic carbocycles. The molecule has 0 unspecified atom stereocenters. The van der Waals surface area contributed by atoms with Crippen molar-refractivity contribution in [3.8, 4) is 11.5 Å². The lowest BCUT2D eigenvalue weighted by Crippen LogP contribution is -2.47. The second-order valence-corrected chi connectivity index (χ2v) is 9.56. The lowest BCUT2D eigenvalue weighted by Gasteiger charge is -2.36. The number of nitrogens with zero attached hydrogens (tertiary/aromatic N) is 8. The molecule has 0 atom stereocenters. The molecule has 1 saturated heterocycles.